The van der Waals surface area contributed by atoms with Gasteiger partial charge in [-0.2, -0.15) is 0 Å². The topological polar surface area (TPSA) is 26.3 Å². The summed E-state index contributed by atoms with van der Waals surface area (Å²) in [6, 6.07) is 7.48. The molecular formula is C11H14O2S. The lowest BCUT2D eigenvalue weighted by atomic mass is 10.1. The van der Waals surface area contributed by atoms with Crippen molar-refractivity contribution in [1.82, 2.24) is 0 Å². The molecule has 0 aliphatic heterocycles. The minimum absolute atomic E-state index is 0.0494. The molecule has 0 saturated heterocycles. The third-order valence-corrected chi connectivity index (χ3v) is 1.95. The van der Waals surface area contributed by atoms with Gasteiger partial charge >= 0.3 is 5.97 Å². The molecule has 0 bridgehead atoms. The molecule has 0 aliphatic rings. The van der Waals surface area contributed by atoms with Gasteiger partial charge in [0.25, 0.3) is 0 Å². The first kappa shape index (κ1) is 11.1. The molecule has 0 spiro atoms. The predicted octanol–water partition coefficient (Wildman–Crippen LogP) is 2.47. The Balaban J connectivity index is 2.52. The van der Waals surface area contributed by atoms with E-state index in [4.69, 9.17) is 4.74 Å². The largest absolute Gasteiger partial charge is 0.463 e. The van der Waals surface area contributed by atoms with Gasteiger partial charge in [0.2, 0.25) is 0 Å². The Kier molecular flexibility index (Phi) is 4.01. The van der Waals surface area contributed by atoms with Crippen molar-refractivity contribution in [2.45, 2.75) is 31.3 Å². The van der Waals surface area contributed by atoms with Crippen LogP contribution in [0.25, 0.3) is 0 Å². The monoisotopic (exact) mass is 210 g/mol. The molecule has 0 aromatic heterocycles. The first-order chi connectivity index (χ1) is 6.58. The molecule has 2 nitrogen and oxygen atoms in total. The van der Waals surface area contributed by atoms with E-state index in [2.05, 4.69) is 12.6 Å². The van der Waals surface area contributed by atoms with Crippen molar-refractivity contribution >= 4 is 18.6 Å². The number of carbonyl (C=O) groups is 1. The highest BCUT2D eigenvalue weighted by molar-refractivity contribution is 7.80. The van der Waals surface area contributed by atoms with Gasteiger partial charge in [0.05, 0.1) is 12.5 Å². The first-order valence-corrected chi connectivity index (χ1v) is 5.00. The number of carbonyl (C=O) groups excluding carboxylic acids is 1. The van der Waals surface area contributed by atoms with Gasteiger partial charge in [0.15, 0.2) is 0 Å². The number of benzene rings is 1. The van der Waals surface area contributed by atoms with E-state index in [1.165, 1.54) is 0 Å². The summed E-state index contributed by atoms with van der Waals surface area (Å²) < 4.78 is 5.03. The van der Waals surface area contributed by atoms with Crippen LogP contribution in [0.2, 0.25) is 0 Å². The molecule has 1 aromatic rings. The smallest absolute Gasteiger partial charge is 0.310 e. The van der Waals surface area contributed by atoms with Crippen LogP contribution in [-0.2, 0) is 16.0 Å². The van der Waals surface area contributed by atoms with Crippen molar-refractivity contribution < 1.29 is 9.53 Å². The molecule has 0 heterocycles. The number of hydrogen-bond acceptors (Lipinski definition) is 3. The average molecular weight is 210 g/mol. The van der Waals surface area contributed by atoms with Crippen molar-refractivity contribution in [2.24, 2.45) is 0 Å². The van der Waals surface area contributed by atoms with Crippen molar-refractivity contribution in [1.29, 1.82) is 0 Å². The minimum atomic E-state index is -0.188. The van der Waals surface area contributed by atoms with E-state index in [-0.39, 0.29) is 12.1 Å². The lowest BCUT2D eigenvalue weighted by Crippen LogP contribution is -2.13. The van der Waals surface area contributed by atoms with E-state index < -0.39 is 0 Å². The van der Waals surface area contributed by atoms with Crippen LogP contribution in [0.1, 0.15) is 19.4 Å². The fourth-order valence-corrected chi connectivity index (χ4v) is 1.23. The zero-order valence-corrected chi connectivity index (χ0v) is 9.25. The molecule has 0 radical (unpaired) electrons. The van der Waals surface area contributed by atoms with Gasteiger partial charge in [-0.25, -0.2) is 0 Å². The second kappa shape index (κ2) is 5.05. The first-order valence-electron chi connectivity index (χ1n) is 4.55. The van der Waals surface area contributed by atoms with Crippen LogP contribution < -0.4 is 0 Å². The Morgan fingerprint density at radius 2 is 1.93 bits per heavy atom. The summed E-state index contributed by atoms with van der Waals surface area (Å²) in [4.78, 5) is 12.2. The molecule has 0 fully saturated rings. The molecular weight excluding hydrogens is 196 g/mol. The van der Waals surface area contributed by atoms with E-state index in [0.29, 0.717) is 6.42 Å². The number of hydrogen-bond donors (Lipinski definition) is 1. The van der Waals surface area contributed by atoms with Crippen molar-refractivity contribution in [3.63, 3.8) is 0 Å². The van der Waals surface area contributed by atoms with Gasteiger partial charge in [-0.3, -0.25) is 4.79 Å². The summed E-state index contributed by atoms with van der Waals surface area (Å²) in [6.07, 6.45) is 0.276. The van der Waals surface area contributed by atoms with Crippen LogP contribution >= 0.6 is 12.6 Å². The Labute approximate surface area is 89.7 Å². The van der Waals surface area contributed by atoms with Crippen LogP contribution in [0.15, 0.2) is 29.2 Å². The molecule has 14 heavy (non-hydrogen) atoms. The van der Waals surface area contributed by atoms with Gasteiger partial charge in [-0.1, -0.05) is 12.1 Å². The normalized spacial score (nSPS) is 10.3. The number of ether oxygens (including phenoxy) is 1. The molecule has 76 valence electrons. The molecule has 3 heteroatoms. The molecule has 1 rings (SSSR count). The maximum Gasteiger partial charge on any atom is 0.310 e. The lowest BCUT2D eigenvalue weighted by molar-refractivity contribution is -0.146. The van der Waals surface area contributed by atoms with Crippen molar-refractivity contribution in [3.05, 3.63) is 29.8 Å². The Morgan fingerprint density at radius 3 is 2.43 bits per heavy atom. The molecule has 0 amide bonds. The van der Waals surface area contributed by atoms with Crippen LogP contribution in [-0.4, -0.2) is 12.1 Å². The highest BCUT2D eigenvalue weighted by Gasteiger charge is 2.06. The highest BCUT2D eigenvalue weighted by atomic mass is 32.1. The van der Waals surface area contributed by atoms with E-state index in [1.807, 2.05) is 38.1 Å². The van der Waals surface area contributed by atoms with E-state index in [0.717, 1.165) is 10.5 Å². The predicted molar refractivity (Wildman–Crippen MR) is 58.6 cm³/mol. The van der Waals surface area contributed by atoms with E-state index in [9.17, 15) is 4.79 Å². The maximum atomic E-state index is 11.3. The molecule has 1 aromatic carbocycles. The SMILES string of the molecule is CC(C)OC(=O)Cc1ccc(S)cc1. The fourth-order valence-electron chi connectivity index (χ4n) is 1.09. The van der Waals surface area contributed by atoms with Crippen LogP contribution in [0, 0.1) is 0 Å². The van der Waals surface area contributed by atoms with Gasteiger partial charge in [0, 0.05) is 4.90 Å². The highest BCUT2D eigenvalue weighted by Crippen LogP contribution is 2.09. The molecule has 0 saturated carbocycles. The molecule has 0 unspecified atom stereocenters. The molecule has 0 atom stereocenters. The van der Waals surface area contributed by atoms with Crippen molar-refractivity contribution in [3.8, 4) is 0 Å². The van der Waals surface area contributed by atoms with Gasteiger partial charge in [-0.15, -0.1) is 12.6 Å². The van der Waals surface area contributed by atoms with Gasteiger partial charge in [0.1, 0.15) is 0 Å². The van der Waals surface area contributed by atoms with Crippen LogP contribution in [0.5, 0.6) is 0 Å². The van der Waals surface area contributed by atoms with E-state index in [1.54, 1.807) is 0 Å². The standard InChI is InChI=1S/C11H14O2S/c1-8(2)13-11(12)7-9-3-5-10(14)6-4-9/h3-6,8,14H,7H2,1-2H3. The van der Waals surface area contributed by atoms with E-state index >= 15 is 0 Å². The summed E-state index contributed by atoms with van der Waals surface area (Å²) in [5.74, 6) is -0.188. The van der Waals surface area contributed by atoms with Crippen LogP contribution in [0.4, 0.5) is 0 Å². The number of thiol groups is 1. The minimum Gasteiger partial charge on any atom is -0.463 e. The summed E-state index contributed by atoms with van der Waals surface area (Å²) in [7, 11) is 0. The fraction of sp³-hybridized carbons (Fsp3) is 0.364. The Bertz CT molecular complexity index is 304. The summed E-state index contributed by atoms with van der Waals surface area (Å²) in [5, 5.41) is 0. The zero-order valence-electron chi connectivity index (χ0n) is 8.36. The van der Waals surface area contributed by atoms with Crippen molar-refractivity contribution in [2.75, 3.05) is 0 Å². The quantitative estimate of drug-likeness (QED) is 0.612. The third kappa shape index (κ3) is 3.83. The number of rotatable bonds is 3. The lowest BCUT2D eigenvalue weighted by Gasteiger charge is -2.07. The summed E-state index contributed by atoms with van der Waals surface area (Å²) in [6.45, 7) is 3.68. The Morgan fingerprint density at radius 1 is 1.36 bits per heavy atom. The zero-order chi connectivity index (χ0) is 10.6. The van der Waals surface area contributed by atoms with Crippen LogP contribution in [0.3, 0.4) is 0 Å². The second-order valence-electron chi connectivity index (χ2n) is 3.38. The maximum absolute atomic E-state index is 11.3. The average Bonchev–Trinajstić information content (AvgIpc) is 2.07. The summed E-state index contributed by atoms with van der Waals surface area (Å²) in [5.41, 5.74) is 0.952. The van der Waals surface area contributed by atoms with Gasteiger partial charge < -0.3 is 4.74 Å². The number of esters is 1. The molecule has 0 aliphatic carbocycles. The third-order valence-electron chi connectivity index (χ3n) is 1.65. The molecule has 0 N–H and O–H groups in total. The summed E-state index contributed by atoms with van der Waals surface area (Å²) >= 11 is 4.16. The second-order valence-corrected chi connectivity index (χ2v) is 3.90. The Hall–Kier alpha value is -0.960. The van der Waals surface area contributed by atoms with Gasteiger partial charge in [-0.05, 0) is 31.5 Å².